The zero-order chi connectivity index (χ0) is 32.5. The fourth-order valence-corrected chi connectivity index (χ4v) is 6.90. The number of ether oxygens (including phenoxy) is 1. The summed E-state index contributed by atoms with van der Waals surface area (Å²) in [6.45, 7) is 7.79. The molecule has 7 nitrogen and oxygen atoms in total. The minimum absolute atomic E-state index is 0.00604. The van der Waals surface area contributed by atoms with Crippen LogP contribution in [-0.4, -0.2) is 71.3 Å². The highest BCUT2D eigenvalue weighted by Crippen LogP contribution is 2.39. The zero-order valence-electron chi connectivity index (χ0n) is 26.6. The molecule has 2 amide bonds. The van der Waals surface area contributed by atoms with Gasteiger partial charge in [-0.3, -0.25) is 9.69 Å². The molecule has 2 N–H and O–H groups in total. The maximum Gasteiger partial charge on any atom is 0.408 e. The van der Waals surface area contributed by atoms with Crippen molar-refractivity contribution < 1.29 is 28.2 Å². The van der Waals surface area contributed by atoms with Gasteiger partial charge in [0.15, 0.2) is 11.6 Å². The van der Waals surface area contributed by atoms with Crippen molar-refractivity contribution in [1.29, 1.82) is 0 Å². The highest BCUT2D eigenvalue weighted by atomic mass is 19.2. The first-order valence-corrected chi connectivity index (χ1v) is 16.1. The van der Waals surface area contributed by atoms with Gasteiger partial charge >= 0.3 is 6.09 Å². The first-order chi connectivity index (χ1) is 22.1. The fraction of sp³-hybridized carbons (Fsp3) is 0.405. The molecule has 2 heterocycles. The Balaban J connectivity index is 1.27. The summed E-state index contributed by atoms with van der Waals surface area (Å²) >= 11 is 0. The van der Waals surface area contributed by atoms with Crippen molar-refractivity contribution in [1.82, 2.24) is 15.1 Å². The van der Waals surface area contributed by atoms with Gasteiger partial charge in [-0.15, -0.1) is 0 Å². The molecule has 2 aliphatic heterocycles. The lowest BCUT2D eigenvalue weighted by Crippen LogP contribution is -2.63. The molecule has 1 aliphatic carbocycles. The third-order valence-electron chi connectivity index (χ3n) is 9.71. The van der Waals surface area contributed by atoms with E-state index in [0.717, 1.165) is 52.5 Å². The van der Waals surface area contributed by atoms with Crippen molar-refractivity contribution in [3.05, 3.63) is 105 Å². The molecule has 1 saturated heterocycles. The summed E-state index contributed by atoms with van der Waals surface area (Å²) in [5.41, 5.74) is 6.99. The Hall–Kier alpha value is -4.24. The lowest BCUT2D eigenvalue weighted by Gasteiger charge is -2.47. The molecule has 2 bridgehead atoms. The molecule has 3 aromatic rings. The van der Waals surface area contributed by atoms with Gasteiger partial charge in [-0.2, -0.15) is 0 Å². The topological polar surface area (TPSA) is 82.1 Å². The number of hydrogen-bond donors (Lipinski definition) is 2. The van der Waals surface area contributed by atoms with Crippen LogP contribution in [0.4, 0.5) is 13.6 Å². The number of carbonyl (C=O) groups is 2. The molecule has 1 saturated carbocycles. The van der Waals surface area contributed by atoms with Crippen LogP contribution in [0.2, 0.25) is 0 Å². The molecule has 2 atom stereocenters. The highest BCUT2D eigenvalue weighted by Gasteiger charge is 2.46. The Morgan fingerprint density at radius 2 is 1.72 bits per heavy atom. The van der Waals surface area contributed by atoms with Gasteiger partial charge in [0.2, 0.25) is 0 Å². The molecule has 6 rings (SSSR count). The Morgan fingerprint density at radius 3 is 2.43 bits per heavy atom. The van der Waals surface area contributed by atoms with Crippen LogP contribution in [0.3, 0.4) is 0 Å². The van der Waals surface area contributed by atoms with Crippen LogP contribution >= 0.6 is 0 Å². The molecule has 242 valence electrons. The van der Waals surface area contributed by atoms with Crippen LogP contribution < -0.4 is 10.1 Å². The van der Waals surface area contributed by atoms with E-state index in [4.69, 9.17) is 4.74 Å². The third kappa shape index (κ3) is 6.38. The maximum absolute atomic E-state index is 14.5. The van der Waals surface area contributed by atoms with E-state index in [1.807, 2.05) is 31.2 Å². The van der Waals surface area contributed by atoms with E-state index in [9.17, 15) is 23.5 Å². The molecular weight excluding hydrogens is 588 g/mol. The number of carboxylic acid groups (broad SMARTS) is 1. The number of nitrogens with one attached hydrogen (secondary N) is 1. The standard InChI is InChI=1S/C37H41F2N3O4/c1-22-7-8-23(2)35(24(22)3)46-18-16-25-9-11-26(12-10-25)30-19-29-20-40-21-32(42(29)37(44)45)33(30)36(43)41(28-13-14-28)17-15-27-5-4-6-31(38)34(27)39/h4-12,28-29,32,40H,13-21H2,1-3H3,(H,44,45)/t29-,32-/m1/s1. The Bertz CT molecular complexity index is 1670. The Morgan fingerprint density at radius 1 is 0.978 bits per heavy atom. The number of hydrogen-bond acceptors (Lipinski definition) is 4. The number of carbonyl (C=O) groups excluding carboxylic acids is 1. The van der Waals surface area contributed by atoms with Crippen molar-refractivity contribution in [2.75, 3.05) is 26.2 Å². The molecule has 0 aromatic heterocycles. The smallest absolute Gasteiger partial charge is 0.408 e. The van der Waals surface area contributed by atoms with E-state index in [2.05, 4.69) is 31.3 Å². The molecular formula is C37H41F2N3O4. The summed E-state index contributed by atoms with van der Waals surface area (Å²) in [4.78, 5) is 30.1. The van der Waals surface area contributed by atoms with E-state index >= 15 is 0 Å². The minimum Gasteiger partial charge on any atom is -0.493 e. The third-order valence-corrected chi connectivity index (χ3v) is 9.71. The summed E-state index contributed by atoms with van der Waals surface area (Å²) in [7, 11) is 0. The SMILES string of the molecule is Cc1ccc(C)c(OCCc2ccc(C3=C(C(=O)N(CCc4cccc(F)c4F)C4CC4)[C@H]4CNC[C@@H](C3)N4C(=O)O)cc2)c1C. The number of piperazine rings is 1. The van der Waals surface area contributed by atoms with E-state index in [-0.39, 0.29) is 36.5 Å². The van der Waals surface area contributed by atoms with Crippen LogP contribution in [0.1, 0.15) is 52.6 Å². The van der Waals surface area contributed by atoms with Gasteiger partial charge in [0.05, 0.1) is 18.7 Å². The first-order valence-electron chi connectivity index (χ1n) is 16.1. The summed E-state index contributed by atoms with van der Waals surface area (Å²) < 4.78 is 34.6. The van der Waals surface area contributed by atoms with Crippen molar-refractivity contribution in [2.45, 2.75) is 71.0 Å². The zero-order valence-corrected chi connectivity index (χ0v) is 26.6. The van der Waals surface area contributed by atoms with Gasteiger partial charge in [0.25, 0.3) is 5.91 Å². The molecule has 2 fully saturated rings. The molecule has 0 unspecified atom stereocenters. The number of benzene rings is 3. The normalized spacial score (nSPS) is 19.3. The Kier molecular flexibility index (Phi) is 9.13. The van der Waals surface area contributed by atoms with Crippen molar-refractivity contribution >= 4 is 17.6 Å². The number of amides is 2. The number of fused-ring (bicyclic) bond motifs is 2. The number of aryl methyl sites for hydroxylation is 2. The summed E-state index contributed by atoms with van der Waals surface area (Å²) in [5, 5.41) is 13.5. The van der Waals surface area contributed by atoms with Gasteiger partial charge in [0, 0.05) is 37.7 Å². The predicted octanol–water partition coefficient (Wildman–Crippen LogP) is 6.22. The molecule has 46 heavy (non-hydrogen) atoms. The molecule has 3 aromatic carbocycles. The summed E-state index contributed by atoms with van der Waals surface area (Å²) in [5.74, 6) is -1.11. The summed E-state index contributed by atoms with van der Waals surface area (Å²) in [6.07, 6.45) is 1.89. The first kappa shape index (κ1) is 31.7. The van der Waals surface area contributed by atoms with E-state index < -0.39 is 23.8 Å². The monoisotopic (exact) mass is 629 g/mol. The van der Waals surface area contributed by atoms with Gasteiger partial charge in [0.1, 0.15) is 5.75 Å². The predicted molar refractivity (Wildman–Crippen MR) is 173 cm³/mol. The second-order valence-electron chi connectivity index (χ2n) is 12.8. The van der Waals surface area contributed by atoms with Crippen LogP contribution in [0.5, 0.6) is 5.75 Å². The maximum atomic E-state index is 14.5. The average molecular weight is 630 g/mol. The van der Waals surface area contributed by atoms with Crippen molar-refractivity contribution in [3.63, 3.8) is 0 Å². The van der Waals surface area contributed by atoms with Crippen molar-refractivity contribution in [3.8, 4) is 5.75 Å². The van der Waals surface area contributed by atoms with Crippen LogP contribution in [-0.2, 0) is 17.6 Å². The van der Waals surface area contributed by atoms with Crippen LogP contribution in [0.25, 0.3) is 5.57 Å². The lowest BCUT2D eigenvalue weighted by molar-refractivity contribution is -0.128. The van der Waals surface area contributed by atoms with Gasteiger partial charge < -0.3 is 20.1 Å². The molecule has 0 spiro atoms. The second kappa shape index (κ2) is 13.2. The fourth-order valence-electron chi connectivity index (χ4n) is 6.90. The number of nitrogens with zero attached hydrogens (tertiary/aromatic N) is 2. The highest BCUT2D eigenvalue weighted by molar-refractivity contribution is 6.04. The molecule has 9 heteroatoms. The molecule has 3 aliphatic rings. The van der Waals surface area contributed by atoms with Gasteiger partial charge in [-0.25, -0.2) is 13.6 Å². The number of rotatable bonds is 10. The summed E-state index contributed by atoms with van der Waals surface area (Å²) in [6, 6.07) is 15.4. The minimum atomic E-state index is -1.05. The quantitative estimate of drug-likeness (QED) is 0.278. The second-order valence-corrected chi connectivity index (χ2v) is 12.8. The van der Waals surface area contributed by atoms with Gasteiger partial charge in [-0.05, 0) is 91.5 Å². The largest absolute Gasteiger partial charge is 0.493 e. The van der Waals surface area contributed by atoms with Crippen molar-refractivity contribution in [2.24, 2.45) is 0 Å². The van der Waals surface area contributed by atoms with Gasteiger partial charge in [-0.1, -0.05) is 48.5 Å². The average Bonchev–Trinajstić information content (AvgIpc) is 3.88. The van der Waals surface area contributed by atoms with E-state index in [0.29, 0.717) is 38.1 Å². The van der Waals surface area contributed by atoms with Crippen LogP contribution in [0.15, 0.2) is 60.2 Å². The van der Waals surface area contributed by atoms with E-state index in [1.165, 1.54) is 22.6 Å². The van der Waals surface area contributed by atoms with E-state index in [1.54, 1.807) is 4.90 Å². The number of halogens is 2. The Labute approximate surface area is 268 Å². The molecule has 0 radical (unpaired) electrons. The lowest BCUT2D eigenvalue weighted by atomic mass is 9.81. The van der Waals surface area contributed by atoms with Crippen LogP contribution in [0, 0.1) is 32.4 Å².